The quantitative estimate of drug-likeness (QED) is 0.519. The molecule has 0 aromatic carbocycles. The summed E-state index contributed by atoms with van der Waals surface area (Å²) in [5.74, 6) is 4.00. The van der Waals surface area contributed by atoms with E-state index in [1.54, 1.807) is 0 Å². The van der Waals surface area contributed by atoms with Crippen LogP contribution in [-0.2, 0) is 0 Å². The fraction of sp³-hybridized carbons (Fsp3) is 1.00. The van der Waals surface area contributed by atoms with Crippen molar-refractivity contribution in [1.82, 2.24) is 0 Å². The molecule has 2 bridgehead atoms. The van der Waals surface area contributed by atoms with E-state index in [1.165, 1.54) is 32.1 Å². The Morgan fingerprint density at radius 2 is 1.18 bits per heavy atom. The third kappa shape index (κ3) is 2.71. The molecule has 0 aliphatic heterocycles. The first-order valence-electron chi connectivity index (χ1n) is 7.69. The highest BCUT2D eigenvalue weighted by atomic mass is 14.5. The monoisotopic (exact) mass is 236 g/mol. The Labute approximate surface area is 109 Å². The Morgan fingerprint density at radius 3 is 1.53 bits per heavy atom. The van der Waals surface area contributed by atoms with Crippen molar-refractivity contribution >= 4 is 0 Å². The second kappa shape index (κ2) is 4.28. The molecule has 2 rings (SSSR count). The average Bonchev–Trinajstić information content (AvgIpc) is 2.12. The third-order valence-electron chi connectivity index (χ3n) is 5.56. The highest BCUT2D eigenvalue weighted by molar-refractivity contribution is 4.96. The summed E-state index contributed by atoms with van der Waals surface area (Å²) >= 11 is 0. The van der Waals surface area contributed by atoms with Crippen LogP contribution in [-0.4, -0.2) is 0 Å². The second-order valence-electron chi connectivity index (χ2n) is 8.88. The summed E-state index contributed by atoms with van der Waals surface area (Å²) in [7, 11) is 0. The minimum atomic E-state index is 0.524. The van der Waals surface area contributed by atoms with E-state index in [9.17, 15) is 0 Å². The molecule has 0 radical (unpaired) electrons. The molecule has 2 atom stereocenters. The van der Waals surface area contributed by atoms with Gasteiger partial charge < -0.3 is 0 Å². The van der Waals surface area contributed by atoms with Crippen LogP contribution in [0.25, 0.3) is 0 Å². The van der Waals surface area contributed by atoms with E-state index in [0.717, 1.165) is 23.7 Å². The van der Waals surface area contributed by atoms with Crippen molar-refractivity contribution in [2.45, 2.75) is 73.6 Å². The summed E-state index contributed by atoms with van der Waals surface area (Å²) in [6, 6.07) is 0. The molecule has 0 aromatic heterocycles. The van der Waals surface area contributed by atoms with Crippen molar-refractivity contribution in [2.24, 2.45) is 34.5 Å². The Hall–Kier alpha value is 0. The SMILES string of the molecule is CC(C)(C)C1CC2CCCC(C1)C2C(C)(C)C. The van der Waals surface area contributed by atoms with Crippen LogP contribution in [0.2, 0.25) is 0 Å². The number of fused-ring (bicyclic) bond motifs is 2. The van der Waals surface area contributed by atoms with Gasteiger partial charge in [-0.25, -0.2) is 0 Å². The summed E-state index contributed by atoms with van der Waals surface area (Å²) in [6.07, 6.45) is 7.51. The largest absolute Gasteiger partial charge is 0.0599 e. The summed E-state index contributed by atoms with van der Waals surface area (Å²) in [5, 5.41) is 0. The van der Waals surface area contributed by atoms with Crippen molar-refractivity contribution in [3.63, 3.8) is 0 Å². The van der Waals surface area contributed by atoms with E-state index >= 15 is 0 Å². The van der Waals surface area contributed by atoms with Gasteiger partial charge in [0.25, 0.3) is 0 Å². The van der Waals surface area contributed by atoms with Crippen LogP contribution in [0.3, 0.4) is 0 Å². The van der Waals surface area contributed by atoms with Crippen LogP contribution in [0.4, 0.5) is 0 Å². The molecule has 2 aliphatic rings. The highest BCUT2D eigenvalue weighted by Gasteiger charge is 2.47. The lowest BCUT2D eigenvalue weighted by Crippen LogP contribution is -2.45. The zero-order valence-corrected chi connectivity index (χ0v) is 12.8. The Kier molecular flexibility index (Phi) is 3.38. The maximum Gasteiger partial charge on any atom is -0.0308 e. The molecular weight excluding hydrogens is 204 g/mol. The first-order chi connectivity index (χ1) is 7.69. The Bertz CT molecular complexity index is 249. The molecule has 2 fully saturated rings. The van der Waals surface area contributed by atoms with Crippen LogP contribution in [0.1, 0.15) is 73.6 Å². The normalized spacial score (nSPS) is 39.2. The van der Waals surface area contributed by atoms with Gasteiger partial charge >= 0.3 is 0 Å². The first kappa shape index (κ1) is 13.4. The molecule has 100 valence electrons. The molecule has 0 aromatic rings. The van der Waals surface area contributed by atoms with E-state index in [4.69, 9.17) is 0 Å². The predicted octanol–water partition coefficient (Wildman–Crippen LogP) is 5.52. The molecule has 0 saturated heterocycles. The van der Waals surface area contributed by atoms with Crippen molar-refractivity contribution in [2.75, 3.05) is 0 Å². The van der Waals surface area contributed by atoms with Crippen LogP contribution in [0, 0.1) is 34.5 Å². The topological polar surface area (TPSA) is 0 Å². The molecule has 2 saturated carbocycles. The van der Waals surface area contributed by atoms with Gasteiger partial charge in [0.15, 0.2) is 0 Å². The molecule has 17 heavy (non-hydrogen) atoms. The molecule has 0 nitrogen and oxygen atoms in total. The van der Waals surface area contributed by atoms with E-state index in [2.05, 4.69) is 41.5 Å². The molecule has 0 N–H and O–H groups in total. The minimum absolute atomic E-state index is 0.524. The summed E-state index contributed by atoms with van der Waals surface area (Å²) in [5.41, 5.74) is 1.05. The third-order valence-corrected chi connectivity index (χ3v) is 5.56. The van der Waals surface area contributed by atoms with Crippen molar-refractivity contribution in [1.29, 1.82) is 0 Å². The first-order valence-corrected chi connectivity index (χ1v) is 7.69. The van der Waals surface area contributed by atoms with E-state index in [1.807, 2.05) is 0 Å². The lowest BCUT2D eigenvalue weighted by molar-refractivity contribution is -0.0397. The second-order valence-corrected chi connectivity index (χ2v) is 8.88. The van der Waals surface area contributed by atoms with Crippen molar-refractivity contribution < 1.29 is 0 Å². The van der Waals surface area contributed by atoms with Gasteiger partial charge in [0.2, 0.25) is 0 Å². The number of hydrogen-bond donors (Lipinski definition) is 0. The van der Waals surface area contributed by atoms with Gasteiger partial charge in [0, 0.05) is 0 Å². The van der Waals surface area contributed by atoms with Crippen LogP contribution < -0.4 is 0 Å². The van der Waals surface area contributed by atoms with Gasteiger partial charge in [-0.15, -0.1) is 0 Å². The Balaban J connectivity index is 2.17. The van der Waals surface area contributed by atoms with Crippen LogP contribution in [0.15, 0.2) is 0 Å². The summed E-state index contributed by atoms with van der Waals surface area (Å²) < 4.78 is 0. The van der Waals surface area contributed by atoms with Crippen molar-refractivity contribution in [3.05, 3.63) is 0 Å². The number of hydrogen-bond acceptors (Lipinski definition) is 0. The average molecular weight is 236 g/mol. The van der Waals surface area contributed by atoms with Gasteiger partial charge in [-0.3, -0.25) is 0 Å². The van der Waals surface area contributed by atoms with Crippen LogP contribution in [0.5, 0.6) is 0 Å². The summed E-state index contributed by atoms with van der Waals surface area (Å²) in [6.45, 7) is 14.8. The number of rotatable bonds is 0. The predicted molar refractivity (Wildman–Crippen MR) is 76.0 cm³/mol. The van der Waals surface area contributed by atoms with E-state index in [-0.39, 0.29) is 0 Å². The fourth-order valence-electron chi connectivity index (χ4n) is 4.86. The minimum Gasteiger partial charge on any atom is -0.0599 e. The molecule has 0 spiro atoms. The molecular formula is C17H32. The van der Waals surface area contributed by atoms with Crippen molar-refractivity contribution in [3.8, 4) is 0 Å². The van der Waals surface area contributed by atoms with Gasteiger partial charge in [-0.05, 0) is 47.3 Å². The maximum absolute atomic E-state index is 2.47. The van der Waals surface area contributed by atoms with Gasteiger partial charge in [-0.2, -0.15) is 0 Å². The van der Waals surface area contributed by atoms with Gasteiger partial charge in [0.05, 0.1) is 0 Å². The fourth-order valence-corrected chi connectivity index (χ4v) is 4.86. The van der Waals surface area contributed by atoms with Gasteiger partial charge in [-0.1, -0.05) is 60.8 Å². The Morgan fingerprint density at radius 1 is 0.706 bits per heavy atom. The molecule has 2 aliphatic carbocycles. The van der Waals surface area contributed by atoms with E-state index < -0.39 is 0 Å². The standard InChI is InChI=1S/C17H32/c1-16(2,3)14-10-12-8-7-9-13(11-14)15(12)17(4,5)6/h12-15H,7-11H2,1-6H3. The lowest BCUT2D eigenvalue weighted by Gasteiger charge is -2.54. The highest BCUT2D eigenvalue weighted by Crippen LogP contribution is 2.56. The van der Waals surface area contributed by atoms with Gasteiger partial charge in [0.1, 0.15) is 0 Å². The molecule has 0 amide bonds. The van der Waals surface area contributed by atoms with E-state index in [0.29, 0.717) is 10.8 Å². The molecule has 0 heteroatoms. The molecule has 2 unspecified atom stereocenters. The lowest BCUT2D eigenvalue weighted by atomic mass is 9.52. The summed E-state index contributed by atoms with van der Waals surface area (Å²) in [4.78, 5) is 0. The maximum atomic E-state index is 2.47. The zero-order valence-electron chi connectivity index (χ0n) is 12.8. The smallest absolute Gasteiger partial charge is 0.0308 e. The van der Waals surface area contributed by atoms with Crippen LogP contribution >= 0.6 is 0 Å². The zero-order chi connectivity index (χ0) is 12.8. The molecule has 0 heterocycles.